The van der Waals surface area contributed by atoms with E-state index >= 15 is 0 Å². The maximum Gasteiger partial charge on any atom is 0.352 e. The first kappa shape index (κ1) is 12.0. The minimum absolute atomic E-state index is 0.101. The number of hydrogen-bond acceptors (Lipinski definition) is 3. The molecule has 2 aromatic rings. The summed E-state index contributed by atoms with van der Waals surface area (Å²) in [5.74, 6) is -1.20. The van der Waals surface area contributed by atoms with Gasteiger partial charge in [-0.1, -0.05) is 6.07 Å². The summed E-state index contributed by atoms with van der Waals surface area (Å²) < 4.78 is 1.54. The Labute approximate surface area is 104 Å². The number of aromatic nitrogens is 2. The van der Waals surface area contributed by atoms with Gasteiger partial charge >= 0.3 is 5.97 Å². The topological polar surface area (TPSA) is 72.2 Å². The fourth-order valence-electron chi connectivity index (χ4n) is 1.70. The van der Waals surface area contributed by atoms with Crippen molar-refractivity contribution in [3.05, 3.63) is 53.6 Å². The van der Waals surface area contributed by atoms with Crippen LogP contribution in [0.15, 0.2) is 36.8 Å². The van der Waals surface area contributed by atoms with Crippen LogP contribution in [0.25, 0.3) is 0 Å². The molecule has 0 aliphatic carbocycles. The molecule has 0 radical (unpaired) electrons. The highest BCUT2D eigenvalue weighted by molar-refractivity contribution is 5.97. The van der Waals surface area contributed by atoms with E-state index in [2.05, 4.69) is 4.98 Å². The average Bonchev–Trinajstić information content (AvgIpc) is 2.74. The van der Waals surface area contributed by atoms with E-state index in [1.54, 1.807) is 24.7 Å². The Morgan fingerprint density at radius 3 is 2.78 bits per heavy atom. The standard InChI is InChI=1S/C13H12N2O3/c1-9(16)11-5-12(13(17)18)15(8-11)7-10-3-2-4-14-6-10/h2-6,8H,7H2,1H3,(H,17,18). The maximum atomic E-state index is 11.3. The van der Waals surface area contributed by atoms with Crippen LogP contribution < -0.4 is 0 Å². The second kappa shape index (κ2) is 4.83. The van der Waals surface area contributed by atoms with E-state index < -0.39 is 5.97 Å². The van der Waals surface area contributed by atoms with E-state index in [0.29, 0.717) is 12.1 Å². The van der Waals surface area contributed by atoms with Gasteiger partial charge < -0.3 is 9.67 Å². The highest BCUT2D eigenvalue weighted by Crippen LogP contribution is 2.12. The molecule has 0 aliphatic rings. The van der Waals surface area contributed by atoms with Crippen molar-refractivity contribution in [2.75, 3.05) is 0 Å². The van der Waals surface area contributed by atoms with E-state index in [1.165, 1.54) is 17.6 Å². The molecular weight excluding hydrogens is 232 g/mol. The van der Waals surface area contributed by atoms with Crippen LogP contribution in [0.4, 0.5) is 0 Å². The third kappa shape index (κ3) is 2.45. The Morgan fingerprint density at radius 1 is 1.44 bits per heavy atom. The van der Waals surface area contributed by atoms with Crippen molar-refractivity contribution in [3.8, 4) is 0 Å². The molecule has 1 N–H and O–H groups in total. The molecule has 0 aromatic carbocycles. The van der Waals surface area contributed by atoms with Crippen molar-refractivity contribution >= 4 is 11.8 Å². The number of hydrogen-bond donors (Lipinski definition) is 1. The van der Waals surface area contributed by atoms with Gasteiger partial charge in [-0.25, -0.2) is 4.79 Å². The van der Waals surface area contributed by atoms with E-state index in [-0.39, 0.29) is 11.5 Å². The maximum absolute atomic E-state index is 11.3. The van der Waals surface area contributed by atoms with Crippen LogP contribution in [0, 0.1) is 0 Å². The van der Waals surface area contributed by atoms with Gasteiger partial charge in [0, 0.05) is 30.7 Å². The predicted octanol–water partition coefficient (Wildman–Crippen LogP) is 1.83. The van der Waals surface area contributed by atoms with Gasteiger partial charge in [0.25, 0.3) is 0 Å². The number of ketones is 1. The smallest absolute Gasteiger partial charge is 0.352 e. The number of pyridine rings is 1. The molecule has 0 saturated carbocycles. The summed E-state index contributed by atoms with van der Waals surface area (Å²) in [6.45, 7) is 1.79. The molecule has 2 aromatic heterocycles. The van der Waals surface area contributed by atoms with Gasteiger partial charge in [0.1, 0.15) is 5.69 Å². The third-order valence-corrected chi connectivity index (χ3v) is 2.60. The number of carbonyl (C=O) groups is 2. The average molecular weight is 244 g/mol. The Hall–Kier alpha value is -2.43. The SMILES string of the molecule is CC(=O)c1cc(C(=O)O)n(Cc2cccnc2)c1. The number of Topliss-reactive ketones (excluding diaryl/α,β-unsaturated/α-hetero) is 1. The quantitative estimate of drug-likeness (QED) is 0.833. The second-order valence-electron chi connectivity index (χ2n) is 3.96. The van der Waals surface area contributed by atoms with Crippen LogP contribution in [-0.4, -0.2) is 26.4 Å². The lowest BCUT2D eigenvalue weighted by atomic mass is 10.2. The largest absolute Gasteiger partial charge is 0.477 e. The zero-order valence-electron chi connectivity index (χ0n) is 9.83. The number of aromatic carboxylic acids is 1. The minimum Gasteiger partial charge on any atom is -0.477 e. The zero-order chi connectivity index (χ0) is 13.1. The van der Waals surface area contributed by atoms with Gasteiger partial charge in [0.15, 0.2) is 5.78 Å². The van der Waals surface area contributed by atoms with Gasteiger partial charge in [0.2, 0.25) is 0 Å². The molecule has 5 heteroatoms. The third-order valence-electron chi connectivity index (χ3n) is 2.60. The Balaban J connectivity index is 2.37. The predicted molar refractivity (Wildman–Crippen MR) is 64.7 cm³/mol. The Bertz CT molecular complexity index is 588. The Morgan fingerprint density at radius 2 is 2.22 bits per heavy atom. The van der Waals surface area contributed by atoms with Crippen LogP contribution in [0.2, 0.25) is 0 Å². The van der Waals surface area contributed by atoms with Crippen molar-refractivity contribution in [2.45, 2.75) is 13.5 Å². The zero-order valence-corrected chi connectivity index (χ0v) is 9.83. The van der Waals surface area contributed by atoms with Crippen molar-refractivity contribution in [3.63, 3.8) is 0 Å². The number of carboxylic acid groups (broad SMARTS) is 1. The summed E-state index contributed by atoms with van der Waals surface area (Å²) in [7, 11) is 0. The fraction of sp³-hybridized carbons (Fsp3) is 0.154. The molecule has 2 rings (SSSR count). The highest BCUT2D eigenvalue weighted by Gasteiger charge is 2.14. The minimum atomic E-state index is -1.05. The normalized spacial score (nSPS) is 10.3. The second-order valence-corrected chi connectivity index (χ2v) is 3.96. The number of carboxylic acids is 1. The molecule has 18 heavy (non-hydrogen) atoms. The molecule has 0 amide bonds. The van der Waals surface area contributed by atoms with E-state index in [1.807, 2.05) is 6.07 Å². The molecule has 5 nitrogen and oxygen atoms in total. The van der Waals surface area contributed by atoms with E-state index in [0.717, 1.165) is 5.56 Å². The molecule has 0 fully saturated rings. The molecule has 0 atom stereocenters. The van der Waals surface area contributed by atoms with Gasteiger partial charge in [-0.2, -0.15) is 0 Å². The van der Waals surface area contributed by atoms with E-state index in [4.69, 9.17) is 5.11 Å². The summed E-state index contributed by atoms with van der Waals surface area (Å²) in [6, 6.07) is 5.03. The molecule has 92 valence electrons. The number of carbonyl (C=O) groups excluding carboxylic acids is 1. The summed E-state index contributed by atoms with van der Waals surface area (Å²) >= 11 is 0. The van der Waals surface area contributed by atoms with Gasteiger partial charge in [0.05, 0.1) is 0 Å². The summed E-state index contributed by atoms with van der Waals surface area (Å²) in [4.78, 5) is 26.3. The summed E-state index contributed by atoms with van der Waals surface area (Å²) in [5.41, 5.74) is 1.38. The highest BCUT2D eigenvalue weighted by atomic mass is 16.4. The lowest BCUT2D eigenvalue weighted by molar-refractivity contribution is 0.0685. The van der Waals surface area contributed by atoms with Crippen LogP contribution >= 0.6 is 0 Å². The lowest BCUT2D eigenvalue weighted by Crippen LogP contribution is -2.08. The van der Waals surface area contributed by atoms with Gasteiger partial charge in [-0.3, -0.25) is 9.78 Å². The molecule has 0 aliphatic heterocycles. The number of nitrogens with zero attached hydrogens (tertiary/aromatic N) is 2. The molecule has 0 spiro atoms. The van der Waals surface area contributed by atoms with Crippen LogP contribution in [-0.2, 0) is 6.54 Å². The van der Waals surface area contributed by atoms with Crippen LogP contribution in [0.1, 0.15) is 33.3 Å². The monoisotopic (exact) mass is 244 g/mol. The van der Waals surface area contributed by atoms with Crippen LogP contribution in [0.3, 0.4) is 0 Å². The fourth-order valence-corrected chi connectivity index (χ4v) is 1.70. The first-order chi connectivity index (χ1) is 8.58. The van der Waals surface area contributed by atoms with E-state index in [9.17, 15) is 9.59 Å². The van der Waals surface area contributed by atoms with Crippen molar-refractivity contribution in [2.24, 2.45) is 0 Å². The van der Waals surface area contributed by atoms with Gasteiger partial charge in [-0.15, -0.1) is 0 Å². The number of rotatable bonds is 4. The summed E-state index contributed by atoms with van der Waals surface area (Å²) in [5, 5.41) is 9.09. The molecule has 0 saturated heterocycles. The molecule has 2 heterocycles. The van der Waals surface area contributed by atoms with Crippen LogP contribution in [0.5, 0.6) is 0 Å². The van der Waals surface area contributed by atoms with Crippen molar-refractivity contribution < 1.29 is 14.7 Å². The first-order valence-corrected chi connectivity index (χ1v) is 5.41. The molecule has 0 bridgehead atoms. The lowest BCUT2D eigenvalue weighted by Gasteiger charge is -2.05. The summed E-state index contributed by atoms with van der Waals surface area (Å²) in [6.07, 6.45) is 4.87. The first-order valence-electron chi connectivity index (χ1n) is 5.41. The molecular formula is C13H12N2O3. The van der Waals surface area contributed by atoms with Crippen molar-refractivity contribution in [1.82, 2.24) is 9.55 Å². The van der Waals surface area contributed by atoms with Crippen molar-refractivity contribution in [1.29, 1.82) is 0 Å². The molecule has 0 unspecified atom stereocenters. The van der Waals surface area contributed by atoms with Gasteiger partial charge in [-0.05, 0) is 24.6 Å². The Kier molecular flexibility index (Phi) is 3.23.